The Morgan fingerprint density at radius 3 is 2.61 bits per heavy atom. The van der Waals surface area contributed by atoms with Crippen LogP contribution in [0, 0.1) is 5.82 Å². The van der Waals surface area contributed by atoms with Crippen molar-refractivity contribution in [2.24, 2.45) is 0 Å². The molecule has 0 spiro atoms. The van der Waals surface area contributed by atoms with Crippen molar-refractivity contribution < 1.29 is 41.8 Å². The standard InChI is InChI=1S/C22H21ClF4N4O5/c23-16-3-2-15(8-17(16)24)36-11-19(32)30-13-1-4-18(31(10-13)21(34)35)20(33)29-9-14-7-12(5-6-28-14)22(25,26)27/h2-3,5-8,13,18H,1,4,9-11H2,(H,29,33)(H,30,32)(H,34,35)/t13-,18+/m0/s1. The van der Waals surface area contributed by atoms with E-state index >= 15 is 0 Å². The number of carboxylic acid groups (broad SMARTS) is 1. The lowest BCUT2D eigenvalue weighted by atomic mass is 9.97. The molecule has 36 heavy (non-hydrogen) atoms. The first-order valence-electron chi connectivity index (χ1n) is 10.6. The summed E-state index contributed by atoms with van der Waals surface area (Å²) in [4.78, 5) is 41.1. The van der Waals surface area contributed by atoms with Crippen LogP contribution in [0.1, 0.15) is 24.1 Å². The average Bonchev–Trinajstić information content (AvgIpc) is 2.83. The van der Waals surface area contributed by atoms with Crippen LogP contribution in [0.2, 0.25) is 5.02 Å². The lowest BCUT2D eigenvalue weighted by Crippen LogP contribution is -2.58. The summed E-state index contributed by atoms with van der Waals surface area (Å²) in [7, 11) is 0. The zero-order valence-corrected chi connectivity index (χ0v) is 19.3. The monoisotopic (exact) mass is 532 g/mol. The predicted octanol–water partition coefficient (Wildman–Crippen LogP) is 3.22. The molecule has 1 aliphatic heterocycles. The number of ether oxygens (including phenoxy) is 1. The highest BCUT2D eigenvalue weighted by atomic mass is 35.5. The van der Waals surface area contributed by atoms with Gasteiger partial charge in [0.15, 0.2) is 6.61 Å². The largest absolute Gasteiger partial charge is 0.484 e. The number of halogens is 5. The summed E-state index contributed by atoms with van der Waals surface area (Å²) in [6.45, 7) is -0.982. The van der Waals surface area contributed by atoms with E-state index in [-0.39, 0.29) is 42.4 Å². The first-order chi connectivity index (χ1) is 16.9. The minimum absolute atomic E-state index is 0.0402. The third kappa shape index (κ3) is 7.20. The van der Waals surface area contributed by atoms with E-state index in [0.717, 1.165) is 29.3 Å². The van der Waals surface area contributed by atoms with Crippen molar-refractivity contribution in [3.8, 4) is 5.75 Å². The van der Waals surface area contributed by atoms with Gasteiger partial charge in [-0.05, 0) is 37.1 Å². The molecule has 1 saturated heterocycles. The van der Waals surface area contributed by atoms with E-state index in [0.29, 0.717) is 0 Å². The minimum atomic E-state index is -4.57. The Bertz CT molecular complexity index is 1130. The zero-order valence-electron chi connectivity index (χ0n) is 18.5. The number of hydrogen-bond acceptors (Lipinski definition) is 5. The molecular formula is C22H21ClF4N4O5. The number of amides is 3. The molecule has 3 N–H and O–H groups in total. The third-order valence-corrected chi connectivity index (χ3v) is 5.65. The molecule has 1 aromatic heterocycles. The first kappa shape index (κ1) is 27.0. The molecule has 9 nitrogen and oxygen atoms in total. The molecule has 0 bridgehead atoms. The van der Waals surface area contributed by atoms with Crippen LogP contribution < -0.4 is 15.4 Å². The van der Waals surface area contributed by atoms with Gasteiger partial charge in [0.1, 0.15) is 17.6 Å². The van der Waals surface area contributed by atoms with Crippen molar-refractivity contribution in [1.29, 1.82) is 0 Å². The quantitative estimate of drug-likeness (QED) is 0.471. The number of piperidine rings is 1. The van der Waals surface area contributed by atoms with Gasteiger partial charge in [0, 0.05) is 24.8 Å². The Hall–Kier alpha value is -3.61. The molecule has 194 valence electrons. The van der Waals surface area contributed by atoms with Gasteiger partial charge in [-0.15, -0.1) is 0 Å². The summed E-state index contributed by atoms with van der Waals surface area (Å²) >= 11 is 5.58. The molecule has 2 heterocycles. The number of hydrogen-bond donors (Lipinski definition) is 3. The fourth-order valence-corrected chi connectivity index (χ4v) is 3.72. The normalized spacial score (nSPS) is 17.9. The highest BCUT2D eigenvalue weighted by Crippen LogP contribution is 2.29. The topological polar surface area (TPSA) is 121 Å². The number of nitrogens with zero attached hydrogens (tertiary/aromatic N) is 2. The van der Waals surface area contributed by atoms with Crippen LogP contribution in [0.15, 0.2) is 36.5 Å². The molecule has 3 rings (SSSR count). The van der Waals surface area contributed by atoms with Gasteiger partial charge < -0.3 is 20.5 Å². The van der Waals surface area contributed by atoms with Crippen molar-refractivity contribution in [2.45, 2.75) is 37.6 Å². The van der Waals surface area contributed by atoms with Crippen LogP contribution in [0.25, 0.3) is 0 Å². The number of alkyl halides is 3. The van der Waals surface area contributed by atoms with Gasteiger partial charge in [-0.1, -0.05) is 11.6 Å². The van der Waals surface area contributed by atoms with Gasteiger partial charge in [0.25, 0.3) is 5.91 Å². The molecule has 0 unspecified atom stereocenters. The van der Waals surface area contributed by atoms with E-state index in [9.17, 15) is 37.1 Å². The van der Waals surface area contributed by atoms with Crippen molar-refractivity contribution >= 4 is 29.5 Å². The second-order valence-electron chi connectivity index (χ2n) is 7.91. The average molecular weight is 533 g/mol. The van der Waals surface area contributed by atoms with Crippen molar-refractivity contribution in [2.75, 3.05) is 13.2 Å². The van der Waals surface area contributed by atoms with E-state index in [1.165, 1.54) is 12.1 Å². The fraction of sp³-hybridized carbons (Fsp3) is 0.364. The Kier molecular flexibility index (Phi) is 8.56. The number of pyridine rings is 1. The molecule has 14 heteroatoms. The summed E-state index contributed by atoms with van der Waals surface area (Å²) in [5, 5.41) is 14.5. The highest BCUT2D eigenvalue weighted by Gasteiger charge is 2.36. The van der Waals surface area contributed by atoms with Gasteiger partial charge in [0.05, 0.1) is 22.8 Å². The summed E-state index contributed by atoms with van der Waals surface area (Å²) in [5.74, 6) is -1.92. The van der Waals surface area contributed by atoms with Gasteiger partial charge in [0.2, 0.25) is 5.91 Å². The number of nitrogens with one attached hydrogen (secondary N) is 2. The Morgan fingerprint density at radius 2 is 1.94 bits per heavy atom. The maximum Gasteiger partial charge on any atom is 0.416 e. The molecule has 0 saturated carbocycles. The van der Waals surface area contributed by atoms with E-state index in [4.69, 9.17) is 16.3 Å². The number of aromatic nitrogens is 1. The number of rotatable bonds is 7. The van der Waals surface area contributed by atoms with Crippen molar-refractivity contribution in [1.82, 2.24) is 20.5 Å². The maximum atomic E-state index is 13.5. The smallest absolute Gasteiger partial charge is 0.416 e. The van der Waals surface area contributed by atoms with E-state index < -0.39 is 54.2 Å². The van der Waals surface area contributed by atoms with Crippen LogP contribution in [-0.4, -0.2) is 58.1 Å². The summed E-state index contributed by atoms with van der Waals surface area (Å²) in [6.07, 6.45) is -4.69. The molecule has 1 aliphatic rings. The third-order valence-electron chi connectivity index (χ3n) is 5.34. The molecule has 1 aromatic carbocycles. The van der Waals surface area contributed by atoms with Crippen LogP contribution in [0.4, 0.5) is 22.4 Å². The van der Waals surface area contributed by atoms with E-state index in [1.54, 1.807) is 0 Å². The van der Waals surface area contributed by atoms with E-state index in [1.807, 2.05) is 0 Å². The van der Waals surface area contributed by atoms with E-state index in [2.05, 4.69) is 15.6 Å². The zero-order chi connectivity index (χ0) is 26.5. The summed E-state index contributed by atoms with van der Waals surface area (Å²) in [6, 6.07) is 3.53. The molecule has 0 radical (unpaired) electrons. The Morgan fingerprint density at radius 1 is 1.19 bits per heavy atom. The van der Waals surface area contributed by atoms with Crippen LogP contribution >= 0.6 is 11.6 Å². The Balaban J connectivity index is 1.52. The molecule has 3 amide bonds. The van der Waals surface area contributed by atoms with Gasteiger partial charge in [-0.3, -0.25) is 19.5 Å². The molecule has 1 fully saturated rings. The maximum absolute atomic E-state index is 13.5. The Labute approximate surface area is 207 Å². The number of benzene rings is 1. The van der Waals surface area contributed by atoms with Crippen molar-refractivity contribution in [3.63, 3.8) is 0 Å². The second-order valence-corrected chi connectivity index (χ2v) is 8.32. The molecule has 2 atom stereocenters. The number of carbonyl (C=O) groups excluding carboxylic acids is 2. The van der Waals surface area contributed by atoms with Crippen LogP contribution in [0.5, 0.6) is 5.75 Å². The summed E-state index contributed by atoms with van der Waals surface area (Å²) < 4.78 is 57.2. The van der Waals surface area contributed by atoms with Crippen LogP contribution in [0.3, 0.4) is 0 Å². The molecular weight excluding hydrogens is 512 g/mol. The van der Waals surface area contributed by atoms with Crippen LogP contribution in [-0.2, 0) is 22.3 Å². The van der Waals surface area contributed by atoms with Gasteiger partial charge in [-0.25, -0.2) is 9.18 Å². The van der Waals surface area contributed by atoms with Gasteiger partial charge >= 0.3 is 12.3 Å². The first-order valence-corrected chi connectivity index (χ1v) is 11.0. The van der Waals surface area contributed by atoms with Gasteiger partial charge in [-0.2, -0.15) is 13.2 Å². The highest BCUT2D eigenvalue weighted by molar-refractivity contribution is 6.30. The molecule has 0 aliphatic carbocycles. The molecule has 2 aromatic rings. The van der Waals surface area contributed by atoms with Crippen molar-refractivity contribution in [3.05, 3.63) is 58.6 Å². The summed E-state index contributed by atoms with van der Waals surface area (Å²) in [5.41, 5.74) is -0.961. The fourth-order valence-electron chi connectivity index (χ4n) is 3.60. The number of likely N-dealkylation sites (tertiary alicyclic amines) is 1. The predicted molar refractivity (Wildman–Crippen MR) is 118 cm³/mol. The minimum Gasteiger partial charge on any atom is -0.484 e. The lowest BCUT2D eigenvalue weighted by Gasteiger charge is -2.37. The lowest BCUT2D eigenvalue weighted by molar-refractivity contribution is -0.137. The number of carbonyl (C=O) groups is 3. The SMILES string of the molecule is O=C(COc1ccc(Cl)c(F)c1)N[C@H]1CC[C@H](C(=O)NCc2cc(C(F)(F)F)ccn2)N(C(=O)O)C1. The second kappa shape index (κ2) is 11.4.